The monoisotopic (exact) mass is 305 g/mol. The van der Waals surface area contributed by atoms with E-state index in [9.17, 15) is 8.42 Å². The molecule has 7 heteroatoms. The van der Waals surface area contributed by atoms with Crippen molar-refractivity contribution in [3.63, 3.8) is 0 Å². The minimum absolute atomic E-state index is 0.317. The predicted molar refractivity (Wildman–Crippen MR) is 81.3 cm³/mol. The summed E-state index contributed by atoms with van der Waals surface area (Å²) in [6, 6.07) is 11.3. The van der Waals surface area contributed by atoms with Crippen molar-refractivity contribution in [3.05, 3.63) is 41.8 Å². The first-order valence-corrected chi connectivity index (χ1v) is 8.58. The fourth-order valence-corrected chi connectivity index (χ4v) is 3.10. The number of hydrogen-bond acceptors (Lipinski definition) is 5. The van der Waals surface area contributed by atoms with E-state index in [1.807, 2.05) is 41.8 Å². The van der Waals surface area contributed by atoms with Gasteiger partial charge in [0, 0.05) is 5.56 Å². The summed E-state index contributed by atoms with van der Waals surface area (Å²) < 4.78 is 25.3. The topological polar surface area (TPSA) is 72.0 Å². The number of thiophene rings is 1. The second kappa shape index (κ2) is 4.84. The van der Waals surface area contributed by atoms with Gasteiger partial charge < -0.3 is 0 Å². The largest absolute Gasteiger partial charge is 0.267 e. The lowest BCUT2D eigenvalue weighted by atomic mass is 10.2. The van der Waals surface area contributed by atoms with Gasteiger partial charge in [0.05, 0.1) is 11.6 Å². The molecule has 20 heavy (non-hydrogen) atoms. The molecule has 102 valence electrons. The van der Waals surface area contributed by atoms with Gasteiger partial charge in [-0.2, -0.15) is 0 Å². The Balaban J connectivity index is 2.21. The molecule has 5 nitrogen and oxygen atoms in total. The quantitative estimate of drug-likeness (QED) is 0.807. The fraction of sp³-hybridized carbons (Fsp3) is 0.0769. The van der Waals surface area contributed by atoms with Crippen LogP contribution in [-0.2, 0) is 10.0 Å². The maximum absolute atomic E-state index is 11.4. The Hall–Kier alpha value is -1.99. The third kappa shape index (κ3) is 2.63. The van der Waals surface area contributed by atoms with E-state index in [0.717, 1.165) is 16.6 Å². The Morgan fingerprint density at radius 1 is 1.10 bits per heavy atom. The molecule has 0 saturated carbocycles. The van der Waals surface area contributed by atoms with Crippen LogP contribution in [0.5, 0.6) is 0 Å². The van der Waals surface area contributed by atoms with Crippen molar-refractivity contribution in [2.24, 2.45) is 0 Å². The molecule has 0 aliphatic carbocycles. The molecule has 3 aromatic rings. The minimum atomic E-state index is -3.38. The zero-order valence-corrected chi connectivity index (χ0v) is 12.2. The smallest absolute Gasteiger partial charge is 0.230 e. The van der Waals surface area contributed by atoms with Crippen LogP contribution in [0.1, 0.15) is 0 Å². The molecule has 0 aliphatic rings. The van der Waals surface area contributed by atoms with Gasteiger partial charge in [0.2, 0.25) is 10.0 Å². The lowest BCUT2D eigenvalue weighted by Gasteiger charge is -2.07. The van der Waals surface area contributed by atoms with E-state index in [1.165, 1.54) is 11.3 Å². The van der Waals surface area contributed by atoms with Crippen LogP contribution in [-0.4, -0.2) is 24.6 Å². The molecule has 1 aromatic carbocycles. The first kappa shape index (κ1) is 13.0. The highest BCUT2D eigenvalue weighted by atomic mass is 32.2. The third-order valence-electron chi connectivity index (χ3n) is 2.64. The highest BCUT2D eigenvalue weighted by molar-refractivity contribution is 7.92. The predicted octanol–water partition coefficient (Wildman–Crippen LogP) is 2.73. The minimum Gasteiger partial charge on any atom is -0.267 e. The average molecular weight is 305 g/mol. The molecular weight excluding hydrogens is 294 g/mol. The standard InChI is InChI=1S/C13H11N3O2S2/c1-20(17,18)16-12-10-7-8-19-13(10)15-11(14-12)9-5-3-2-4-6-9/h2-8H,1H3,(H,14,15,16). The fourth-order valence-electron chi connectivity index (χ4n) is 1.83. The lowest BCUT2D eigenvalue weighted by Crippen LogP contribution is -2.11. The molecule has 2 heterocycles. The highest BCUT2D eigenvalue weighted by Crippen LogP contribution is 2.28. The summed E-state index contributed by atoms with van der Waals surface area (Å²) in [6.45, 7) is 0. The zero-order valence-electron chi connectivity index (χ0n) is 10.6. The van der Waals surface area contributed by atoms with E-state index in [1.54, 1.807) is 0 Å². The van der Waals surface area contributed by atoms with Crippen LogP contribution in [0.15, 0.2) is 41.8 Å². The molecule has 0 bridgehead atoms. The normalized spacial score (nSPS) is 11.7. The van der Waals surface area contributed by atoms with Crippen molar-refractivity contribution < 1.29 is 8.42 Å². The van der Waals surface area contributed by atoms with Crippen LogP contribution in [0, 0.1) is 0 Å². The van der Waals surface area contributed by atoms with Crippen molar-refractivity contribution >= 4 is 37.4 Å². The maximum atomic E-state index is 11.4. The van der Waals surface area contributed by atoms with E-state index in [4.69, 9.17) is 0 Å². The van der Waals surface area contributed by atoms with Gasteiger partial charge in [0.15, 0.2) is 11.6 Å². The summed E-state index contributed by atoms with van der Waals surface area (Å²) in [5.41, 5.74) is 0.847. The summed E-state index contributed by atoms with van der Waals surface area (Å²) in [7, 11) is -3.38. The van der Waals surface area contributed by atoms with Crippen molar-refractivity contribution in [2.75, 3.05) is 11.0 Å². The third-order valence-corrected chi connectivity index (χ3v) is 4.01. The van der Waals surface area contributed by atoms with Crippen LogP contribution >= 0.6 is 11.3 Å². The van der Waals surface area contributed by atoms with Crippen LogP contribution in [0.4, 0.5) is 5.82 Å². The van der Waals surface area contributed by atoms with Crippen molar-refractivity contribution in [2.45, 2.75) is 0 Å². The molecule has 3 rings (SSSR count). The van der Waals surface area contributed by atoms with Crippen LogP contribution < -0.4 is 4.72 Å². The highest BCUT2D eigenvalue weighted by Gasteiger charge is 2.13. The van der Waals surface area contributed by atoms with Crippen molar-refractivity contribution in [1.82, 2.24) is 9.97 Å². The number of anilines is 1. The number of nitrogens with one attached hydrogen (secondary N) is 1. The van der Waals surface area contributed by atoms with Gasteiger partial charge >= 0.3 is 0 Å². The molecular formula is C13H11N3O2S2. The van der Waals surface area contributed by atoms with Gasteiger partial charge in [-0.15, -0.1) is 11.3 Å². The first-order chi connectivity index (χ1) is 9.53. The second-order valence-corrected chi connectivity index (χ2v) is 6.92. The molecule has 2 aromatic heterocycles. The van der Waals surface area contributed by atoms with Gasteiger partial charge in [-0.05, 0) is 11.4 Å². The molecule has 1 N–H and O–H groups in total. The molecule has 0 atom stereocenters. The number of fused-ring (bicyclic) bond motifs is 1. The Labute approximate surface area is 120 Å². The SMILES string of the molecule is CS(=O)(=O)Nc1nc(-c2ccccc2)nc2sccc12. The number of hydrogen-bond donors (Lipinski definition) is 1. The number of benzene rings is 1. The van der Waals surface area contributed by atoms with Gasteiger partial charge in [0.25, 0.3) is 0 Å². The molecule has 0 saturated heterocycles. The van der Waals surface area contributed by atoms with Crippen molar-refractivity contribution in [3.8, 4) is 11.4 Å². The van der Waals surface area contributed by atoms with E-state index in [0.29, 0.717) is 17.0 Å². The summed E-state index contributed by atoms with van der Waals surface area (Å²) in [5, 5.41) is 2.57. The number of sulfonamides is 1. The van der Waals surface area contributed by atoms with E-state index < -0.39 is 10.0 Å². The van der Waals surface area contributed by atoms with Gasteiger partial charge in [-0.1, -0.05) is 30.3 Å². The first-order valence-electron chi connectivity index (χ1n) is 5.81. The Bertz CT molecular complexity index is 858. The zero-order chi connectivity index (χ0) is 14.2. The lowest BCUT2D eigenvalue weighted by molar-refractivity contribution is 0.606. The summed E-state index contributed by atoms with van der Waals surface area (Å²) in [6.07, 6.45) is 1.11. The van der Waals surface area contributed by atoms with Crippen LogP contribution in [0.3, 0.4) is 0 Å². The van der Waals surface area contributed by atoms with Crippen LogP contribution in [0.25, 0.3) is 21.6 Å². The van der Waals surface area contributed by atoms with Gasteiger partial charge in [0.1, 0.15) is 4.83 Å². The second-order valence-electron chi connectivity index (χ2n) is 4.28. The number of nitrogens with zero attached hydrogens (tertiary/aromatic N) is 2. The van der Waals surface area contributed by atoms with Gasteiger partial charge in [-0.25, -0.2) is 18.4 Å². The van der Waals surface area contributed by atoms with Gasteiger partial charge in [-0.3, -0.25) is 4.72 Å². The van der Waals surface area contributed by atoms with E-state index >= 15 is 0 Å². The number of aromatic nitrogens is 2. The number of rotatable bonds is 3. The van der Waals surface area contributed by atoms with E-state index in [-0.39, 0.29) is 0 Å². The molecule has 0 amide bonds. The average Bonchev–Trinajstić information content (AvgIpc) is 2.86. The Morgan fingerprint density at radius 2 is 1.85 bits per heavy atom. The maximum Gasteiger partial charge on any atom is 0.230 e. The Kier molecular flexibility index (Phi) is 3.15. The summed E-state index contributed by atoms with van der Waals surface area (Å²) in [5.74, 6) is 0.823. The van der Waals surface area contributed by atoms with E-state index in [2.05, 4.69) is 14.7 Å². The summed E-state index contributed by atoms with van der Waals surface area (Å²) in [4.78, 5) is 9.56. The van der Waals surface area contributed by atoms with Crippen LogP contribution in [0.2, 0.25) is 0 Å². The molecule has 0 aliphatic heterocycles. The molecule has 0 unspecified atom stereocenters. The molecule has 0 fully saturated rings. The molecule has 0 radical (unpaired) electrons. The summed E-state index contributed by atoms with van der Waals surface area (Å²) >= 11 is 1.45. The Morgan fingerprint density at radius 3 is 2.55 bits per heavy atom. The molecule has 0 spiro atoms. The van der Waals surface area contributed by atoms with Crippen molar-refractivity contribution in [1.29, 1.82) is 0 Å².